The molecule has 0 fully saturated rings. The molecule has 1 amide bonds. The molecule has 5 N–H and O–H groups in total. The lowest BCUT2D eigenvalue weighted by Gasteiger charge is -2.23. The molecule has 4 rings (SSSR count). The number of fused-ring (bicyclic) bond motifs is 1. The summed E-state index contributed by atoms with van der Waals surface area (Å²) in [4.78, 5) is 29.3. The number of ether oxygens (including phenoxy) is 1. The van der Waals surface area contributed by atoms with Gasteiger partial charge < -0.3 is 21.1 Å². The van der Waals surface area contributed by atoms with Gasteiger partial charge in [-0.25, -0.2) is 19.7 Å². The average molecular weight is 448 g/mol. The van der Waals surface area contributed by atoms with Crippen LogP contribution in [0.25, 0.3) is 22.4 Å². The highest BCUT2D eigenvalue weighted by molar-refractivity contribution is 5.89. The summed E-state index contributed by atoms with van der Waals surface area (Å²) in [5, 5.41) is 13.9. The molecule has 33 heavy (non-hydrogen) atoms. The maximum Gasteiger partial charge on any atom is 0.407 e. The Hall–Kier alpha value is -4.28. The quantitative estimate of drug-likeness (QED) is 0.349. The number of nitrogens with two attached hydrogens (primary N) is 1. The Labute approximate surface area is 190 Å². The van der Waals surface area contributed by atoms with E-state index in [9.17, 15) is 4.79 Å². The molecule has 1 aromatic carbocycles. The summed E-state index contributed by atoms with van der Waals surface area (Å²) in [7, 11) is 0. The minimum atomic E-state index is -0.585. The van der Waals surface area contributed by atoms with E-state index in [0.717, 1.165) is 5.56 Å². The number of aromatic amines is 1. The Kier molecular flexibility index (Phi) is 6.03. The molecule has 0 spiro atoms. The molecular weight excluding hydrogens is 422 g/mol. The maximum atomic E-state index is 12.2. The predicted octanol–water partition coefficient (Wildman–Crippen LogP) is 3.07. The number of rotatable bonds is 6. The van der Waals surface area contributed by atoms with Gasteiger partial charge in [-0.1, -0.05) is 30.3 Å². The highest BCUT2D eigenvalue weighted by Crippen LogP contribution is 2.25. The highest BCUT2D eigenvalue weighted by Gasteiger charge is 2.19. The number of benzene rings is 1. The predicted molar refractivity (Wildman–Crippen MR) is 124 cm³/mol. The number of amides is 1. The molecule has 11 heteroatoms. The van der Waals surface area contributed by atoms with E-state index in [1.807, 2.05) is 51.1 Å². The van der Waals surface area contributed by atoms with E-state index in [1.54, 1.807) is 18.5 Å². The second-order valence-electron chi connectivity index (χ2n) is 8.32. The first kappa shape index (κ1) is 21.9. The number of aromatic nitrogens is 6. The van der Waals surface area contributed by atoms with E-state index in [2.05, 4.69) is 40.8 Å². The van der Waals surface area contributed by atoms with Crippen LogP contribution in [0.1, 0.15) is 32.4 Å². The Morgan fingerprint density at radius 3 is 2.70 bits per heavy atom. The van der Waals surface area contributed by atoms with Crippen LogP contribution in [0, 0.1) is 0 Å². The maximum absolute atomic E-state index is 12.2. The number of carbonyl (C=O) groups is 1. The van der Waals surface area contributed by atoms with Crippen molar-refractivity contribution in [3.63, 3.8) is 0 Å². The molecule has 3 heterocycles. The van der Waals surface area contributed by atoms with Gasteiger partial charge in [0.25, 0.3) is 0 Å². The molecule has 1 unspecified atom stereocenters. The van der Waals surface area contributed by atoms with Gasteiger partial charge in [-0.05, 0) is 32.4 Å². The van der Waals surface area contributed by atoms with Crippen molar-refractivity contribution in [1.29, 1.82) is 0 Å². The average Bonchev–Trinajstić information content (AvgIpc) is 3.19. The molecule has 0 aliphatic carbocycles. The third-order valence-corrected chi connectivity index (χ3v) is 4.60. The first-order valence-electron chi connectivity index (χ1n) is 10.4. The second-order valence-corrected chi connectivity index (χ2v) is 8.32. The molecule has 0 saturated carbocycles. The van der Waals surface area contributed by atoms with Gasteiger partial charge in [-0.3, -0.25) is 5.10 Å². The van der Waals surface area contributed by atoms with Gasteiger partial charge in [0, 0.05) is 18.9 Å². The van der Waals surface area contributed by atoms with Gasteiger partial charge in [0.15, 0.2) is 5.65 Å². The smallest absolute Gasteiger partial charge is 0.407 e. The van der Waals surface area contributed by atoms with Crippen molar-refractivity contribution in [2.24, 2.45) is 0 Å². The fourth-order valence-electron chi connectivity index (χ4n) is 3.17. The number of carbonyl (C=O) groups excluding carboxylic acids is 1. The van der Waals surface area contributed by atoms with E-state index in [1.165, 1.54) is 0 Å². The van der Waals surface area contributed by atoms with Gasteiger partial charge in [-0.15, -0.1) is 0 Å². The Morgan fingerprint density at radius 1 is 1.15 bits per heavy atom. The summed E-state index contributed by atoms with van der Waals surface area (Å²) < 4.78 is 5.35. The minimum absolute atomic E-state index is 0.147. The minimum Gasteiger partial charge on any atom is -0.444 e. The van der Waals surface area contributed by atoms with Gasteiger partial charge in [0.05, 0.1) is 22.8 Å². The monoisotopic (exact) mass is 447 g/mol. The molecular formula is C22H25N9O2. The van der Waals surface area contributed by atoms with E-state index in [-0.39, 0.29) is 18.5 Å². The van der Waals surface area contributed by atoms with Crippen molar-refractivity contribution in [1.82, 2.24) is 35.5 Å². The number of hydrogen-bond donors (Lipinski definition) is 4. The topological polar surface area (TPSA) is 157 Å². The van der Waals surface area contributed by atoms with E-state index >= 15 is 0 Å². The van der Waals surface area contributed by atoms with Crippen LogP contribution in [-0.2, 0) is 4.74 Å². The summed E-state index contributed by atoms with van der Waals surface area (Å²) >= 11 is 0. The molecule has 4 aromatic rings. The first-order chi connectivity index (χ1) is 15.8. The van der Waals surface area contributed by atoms with Crippen LogP contribution in [0.2, 0.25) is 0 Å². The van der Waals surface area contributed by atoms with Crippen molar-refractivity contribution in [3.8, 4) is 11.4 Å². The molecule has 0 bridgehead atoms. The van der Waals surface area contributed by atoms with Gasteiger partial charge in [-0.2, -0.15) is 10.1 Å². The summed E-state index contributed by atoms with van der Waals surface area (Å²) in [5.41, 5.74) is 7.72. The number of nitrogens with zero attached hydrogens (tertiary/aromatic N) is 5. The zero-order valence-electron chi connectivity index (χ0n) is 18.5. The summed E-state index contributed by atoms with van der Waals surface area (Å²) in [5.74, 6) is 0.528. The van der Waals surface area contributed by atoms with Crippen LogP contribution < -0.4 is 16.4 Å². The molecule has 1 atom stereocenters. The Morgan fingerprint density at radius 2 is 1.94 bits per heavy atom. The number of nitrogens with one attached hydrogen (secondary N) is 3. The van der Waals surface area contributed by atoms with Crippen molar-refractivity contribution in [2.75, 3.05) is 17.6 Å². The largest absolute Gasteiger partial charge is 0.444 e. The standard InChI is InChI=1S/C22H25N9O2/c1-22(2,3)33-21(32)26-12-16(13-7-5-4-6-8-13)28-20-24-10-9-15(27-20)17-14-11-25-19(23)29-18(14)31-30-17/h4-11,16H,12H2,1-3H3,(H,26,32)(H,24,27,28)(H3,23,25,29,30,31). The lowest BCUT2D eigenvalue weighted by atomic mass is 10.1. The Bertz CT molecular complexity index is 1250. The molecule has 0 saturated heterocycles. The number of nitrogen functional groups attached to an aromatic ring is 1. The van der Waals surface area contributed by atoms with E-state index in [4.69, 9.17) is 10.5 Å². The van der Waals surface area contributed by atoms with E-state index in [0.29, 0.717) is 28.4 Å². The molecule has 0 radical (unpaired) electrons. The van der Waals surface area contributed by atoms with Crippen LogP contribution in [0.3, 0.4) is 0 Å². The van der Waals surface area contributed by atoms with Crippen LogP contribution in [0.15, 0.2) is 48.8 Å². The van der Waals surface area contributed by atoms with E-state index < -0.39 is 11.7 Å². The fourth-order valence-corrected chi connectivity index (χ4v) is 3.17. The lowest BCUT2D eigenvalue weighted by molar-refractivity contribution is 0.0525. The van der Waals surface area contributed by atoms with Crippen molar-refractivity contribution in [2.45, 2.75) is 32.4 Å². The molecule has 170 valence electrons. The first-order valence-corrected chi connectivity index (χ1v) is 10.4. The zero-order chi connectivity index (χ0) is 23.4. The van der Waals surface area contributed by atoms with Gasteiger partial charge in [0.2, 0.25) is 11.9 Å². The van der Waals surface area contributed by atoms with Crippen LogP contribution in [0.4, 0.5) is 16.7 Å². The molecule has 0 aliphatic heterocycles. The third kappa shape index (κ3) is 5.50. The lowest BCUT2D eigenvalue weighted by Crippen LogP contribution is -2.36. The summed E-state index contributed by atoms with van der Waals surface area (Å²) in [6, 6.07) is 11.2. The van der Waals surface area contributed by atoms with Crippen molar-refractivity contribution >= 4 is 29.0 Å². The van der Waals surface area contributed by atoms with Crippen LogP contribution >= 0.6 is 0 Å². The number of anilines is 2. The van der Waals surface area contributed by atoms with Crippen molar-refractivity contribution in [3.05, 3.63) is 54.4 Å². The second kappa shape index (κ2) is 9.07. The summed E-state index contributed by atoms with van der Waals surface area (Å²) in [6.07, 6.45) is 2.74. The summed E-state index contributed by atoms with van der Waals surface area (Å²) in [6.45, 7) is 5.72. The van der Waals surface area contributed by atoms with Crippen molar-refractivity contribution < 1.29 is 9.53 Å². The fraction of sp³-hybridized carbons (Fsp3) is 0.273. The highest BCUT2D eigenvalue weighted by atomic mass is 16.6. The van der Waals surface area contributed by atoms with Gasteiger partial charge >= 0.3 is 6.09 Å². The van der Waals surface area contributed by atoms with Crippen LogP contribution in [0.5, 0.6) is 0 Å². The molecule has 11 nitrogen and oxygen atoms in total. The number of H-pyrrole nitrogens is 1. The third-order valence-electron chi connectivity index (χ3n) is 4.60. The molecule has 0 aliphatic rings. The normalized spacial score (nSPS) is 12.3. The number of hydrogen-bond acceptors (Lipinski definition) is 9. The van der Waals surface area contributed by atoms with Crippen LogP contribution in [-0.4, -0.2) is 48.4 Å². The Balaban J connectivity index is 1.56. The molecule has 3 aromatic heterocycles. The SMILES string of the molecule is CC(C)(C)OC(=O)NCC(Nc1nccc(-c2[nH]nc3nc(N)ncc23)n1)c1ccccc1. The van der Waals surface area contributed by atoms with Gasteiger partial charge in [0.1, 0.15) is 5.60 Å². The number of alkyl carbamates (subject to hydrolysis) is 1. The zero-order valence-corrected chi connectivity index (χ0v) is 18.5.